The first-order valence-electron chi connectivity index (χ1n) is 6.03. The van der Waals surface area contributed by atoms with E-state index < -0.39 is 13.1 Å². The van der Waals surface area contributed by atoms with Crippen LogP contribution in [0.3, 0.4) is 0 Å². The van der Waals surface area contributed by atoms with Crippen LogP contribution < -0.4 is 10.0 Å². The highest BCUT2D eigenvalue weighted by atomic mass is 31.2. The highest BCUT2D eigenvalue weighted by molar-refractivity contribution is 7.71. The molecule has 0 N–H and O–H groups in total. The molecule has 0 radical (unpaired) electrons. The summed E-state index contributed by atoms with van der Waals surface area (Å²) in [5.74, 6) is 0.113. The van der Waals surface area contributed by atoms with Crippen molar-refractivity contribution >= 4 is 18.4 Å². The number of hydrogen-bond donors (Lipinski definition) is 0. The number of methoxy groups -OCH3 is 2. The first-order chi connectivity index (χ1) is 9.10. The van der Waals surface area contributed by atoms with Gasteiger partial charge >= 0.3 is 5.97 Å². The normalized spacial score (nSPS) is 17.8. The molecule has 1 aliphatic heterocycles. The van der Waals surface area contributed by atoms with Gasteiger partial charge in [-0.1, -0.05) is 0 Å². The Morgan fingerprint density at radius 1 is 1.26 bits per heavy atom. The van der Waals surface area contributed by atoms with Crippen molar-refractivity contribution in [3.63, 3.8) is 0 Å². The molecule has 1 aromatic carbocycles. The molecule has 2 rings (SSSR count). The lowest BCUT2D eigenvalue weighted by Gasteiger charge is -2.25. The van der Waals surface area contributed by atoms with Crippen LogP contribution in [0.15, 0.2) is 18.2 Å². The van der Waals surface area contributed by atoms with Crippen molar-refractivity contribution < 1.29 is 23.6 Å². The number of carbonyl (C=O) groups excluding carboxylic acids is 1. The van der Waals surface area contributed by atoms with Crippen molar-refractivity contribution in [3.05, 3.63) is 23.8 Å². The molecular formula is C13H17O5P. The molecule has 1 fully saturated rings. The Bertz CT molecular complexity index is 516. The maximum atomic E-state index is 13.0. The van der Waals surface area contributed by atoms with Gasteiger partial charge in [-0.05, 0) is 18.2 Å². The predicted octanol–water partition coefficient (Wildman–Crippen LogP) is 1.50. The highest BCUT2D eigenvalue weighted by Crippen LogP contribution is 2.48. The smallest absolute Gasteiger partial charge is 0.337 e. The van der Waals surface area contributed by atoms with Crippen LogP contribution in [0.25, 0.3) is 0 Å². The lowest BCUT2D eigenvalue weighted by Crippen LogP contribution is -2.24. The number of esters is 1. The molecule has 0 unspecified atom stereocenters. The highest BCUT2D eigenvalue weighted by Gasteiger charge is 2.31. The molecule has 0 aliphatic carbocycles. The van der Waals surface area contributed by atoms with Crippen molar-refractivity contribution in [3.8, 4) is 5.75 Å². The van der Waals surface area contributed by atoms with E-state index in [-0.39, 0.29) is 0 Å². The zero-order valence-electron chi connectivity index (χ0n) is 11.0. The average Bonchev–Trinajstić information content (AvgIpc) is 2.46. The molecule has 0 amide bonds. The molecule has 0 bridgehead atoms. The number of hydrogen-bond acceptors (Lipinski definition) is 5. The Morgan fingerprint density at radius 2 is 1.95 bits per heavy atom. The first kappa shape index (κ1) is 14.1. The zero-order chi connectivity index (χ0) is 13.9. The summed E-state index contributed by atoms with van der Waals surface area (Å²) < 4.78 is 28.2. The molecule has 6 heteroatoms. The Morgan fingerprint density at radius 3 is 2.53 bits per heavy atom. The second-order valence-corrected chi connectivity index (χ2v) is 7.48. The van der Waals surface area contributed by atoms with Gasteiger partial charge in [-0.15, -0.1) is 0 Å². The minimum Gasteiger partial charge on any atom is -0.496 e. The van der Waals surface area contributed by atoms with E-state index in [0.29, 0.717) is 42.2 Å². The topological polar surface area (TPSA) is 61.8 Å². The summed E-state index contributed by atoms with van der Waals surface area (Å²) >= 11 is 0. The first-order valence-corrected chi connectivity index (χ1v) is 8.11. The molecule has 1 saturated heterocycles. The minimum absolute atomic E-state index is 0.389. The van der Waals surface area contributed by atoms with Crippen molar-refractivity contribution in [2.45, 2.75) is 0 Å². The fourth-order valence-corrected chi connectivity index (χ4v) is 4.63. The molecule has 0 atom stereocenters. The quantitative estimate of drug-likeness (QED) is 0.622. The molecule has 0 spiro atoms. The maximum absolute atomic E-state index is 13.0. The Kier molecular flexibility index (Phi) is 4.27. The number of rotatable bonds is 3. The third kappa shape index (κ3) is 2.82. The molecule has 0 aromatic heterocycles. The van der Waals surface area contributed by atoms with Crippen LogP contribution in [-0.4, -0.2) is 45.7 Å². The summed E-state index contributed by atoms with van der Waals surface area (Å²) in [6.45, 7) is 0.950. The van der Waals surface area contributed by atoms with Gasteiger partial charge in [0.1, 0.15) is 12.9 Å². The van der Waals surface area contributed by atoms with E-state index in [2.05, 4.69) is 0 Å². The maximum Gasteiger partial charge on any atom is 0.337 e. The van der Waals surface area contributed by atoms with Crippen molar-refractivity contribution in [1.29, 1.82) is 0 Å². The fourth-order valence-electron chi connectivity index (χ4n) is 2.13. The van der Waals surface area contributed by atoms with Crippen LogP contribution in [0, 0.1) is 0 Å². The largest absolute Gasteiger partial charge is 0.496 e. The Labute approximate surface area is 112 Å². The summed E-state index contributed by atoms with van der Waals surface area (Å²) in [6, 6.07) is 4.90. The summed E-state index contributed by atoms with van der Waals surface area (Å²) in [4.78, 5) is 11.6. The number of carbonyl (C=O) groups is 1. The standard InChI is InChI=1S/C13H17O5P/c1-16-11-4-3-10(13(14)17-2)9-12(11)19(15)7-5-18-6-8-19/h3-4,9H,5-8H2,1-2H3. The van der Waals surface area contributed by atoms with Gasteiger partial charge in [0.2, 0.25) is 0 Å². The number of ether oxygens (including phenoxy) is 3. The molecule has 0 saturated carbocycles. The van der Waals surface area contributed by atoms with Gasteiger partial charge in [0.15, 0.2) is 0 Å². The van der Waals surface area contributed by atoms with Gasteiger partial charge in [0.25, 0.3) is 0 Å². The van der Waals surface area contributed by atoms with E-state index >= 15 is 0 Å². The predicted molar refractivity (Wildman–Crippen MR) is 72.1 cm³/mol. The zero-order valence-corrected chi connectivity index (χ0v) is 11.9. The van der Waals surface area contributed by atoms with E-state index in [1.165, 1.54) is 14.2 Å². The van der Waals surface area contributed by atoms with Gasteiger partial charge in [-0.2, -0.15) is 0 Å². The van der Waals surface area contributed by atoms with Gasteiger partial charge in [0.05, 0.1) is 38.3 Å². The Hall–Kier alpha value is -1.32. The van der Waals surface area contributed by atoms with E-state index in [1.54, 1.807) is 18.2 Å². The van der Waals surface area contributed by atoms with Gasteiger partial charge in [-0.25, -0.2) is 4.79 Å². The summed E-state index contributed by atoms with van der Waals surface area (Å²) in [5.41, 5.74) is 0.389. The van der Waals surface area contributed by atoms with E-state index in [0.717, 1.165) is 0 Å². The molecule has 19 heavy (non-hydrogen) atoms. The summed E-state index contributed by atoms with van der Waals surface area (Å²) in [6.07, 6.45) is 0.960. The molecule has 5 nitrogen and oxygen atoms in total. The number of benzene rings is 1. The van der Waals surface area contributed by atoms with E-state index in [4.69, 9.17) is 14.2 Å². The van der Waals surface area contributed by atoms with Crippen LogP contribution in [0.4, 0.5) is 0 Å². The summed E-state index contributed by atoms with van der Waals surface area (Å²) in [7, 11) is 0.298. The van der Waals surface area contributed by atoms with Crippen LogP contribution in [-0.2, 0) is 14.0 Å². The van der Waals surface area contributed by atoms with Gasteiger partial charge in [0, 0.05) is 12.3 Å². The van der Waals surface area contributed by atoms with E-state index in [9.17, 15) is 9.36 Å². The lowest BCUT2D eigenvalue weighted by atomic mass is 10.2. The average molecular weight is 284 g/mol. The molecule has 1 aromatic rings. The fraction of sp³-hybridized carbons (Fsp3) is 0.462. The lowest BCUT2D eigenvalue weighted by molar-refractivity contribution is 0.0601. The van der Waals surface area contributed by atoms with Crippen LogP contribution in [0.2, 0.25) is 0 Å². The second-order valence-electron chi connectivity index (χ2n) is 4.33. The molecule has 1 heterocycles. The van der Waals surface area contributed by atoms with Crippen molar-refractivity contribution in [2.24, 2.45) is 0 Å². The van der Waals surface area contributed by atoms with E-state index in [1.807, 2.05) is 0 Å². The third-order valence-electron chi connectivity index (χ3n) is 3.23. The molecular weight excluding hydrogens is 267 g/mol. The van der Waals surface area contributed by atoms with Gasteiger partial charge in [-0.3, -0.25) is 0 Å². The Balaban J connectivity index is 2.46. The third-order valence-corrected chi connectivity index (χ3v) is 6.27. The van der Waals surface area contributed by atoms with Crippen LogP contribution in [0.1, 0.15) is 10.4 Å². The van der Waals surface area contributed by atoms with Crippen molar-refractivity contribution in [2.75, 3.05) is 39.8 Å². The van der Waals surface area contributed by atoms with Gasteiger partial charge < -0.3 is 18.8 Å². The monoisotopic (exact) mass is 284 g/mol. The van der Waals surface area contributed by atoms with Crippen molar-refractivity contribution in [1.82, 2.24) is 0 Å². The minimum atomic E-state index is -2.55. The SMILES string of the molecule is COC(=O)c1ccc(OC)c(P2(=O)CCOCC2)c1. The second kappa shape index (κ2) is 5.76. The molecule has 104 valence electrons. The van der Waals surface area contributed by atoms with Crippen LogP contribution in [0.5, 0.6) is 5.75 Å². The van der Waals surface area contributed by atoms with Crippen LogP contribution >= 0.6 is 7.14 Å². The summed E-state index contributed by atoms with van der Waals surface area (Å²) in [5, 5.41) is 0.612. The molecule has 1 aliphatic rings.